The van der Waals surface area contributed by atoms with E-state index in [-0.39, 0.29) is 0 Å². The molecule has 3 unspecified atom stereocenters. The lowest BCUT2D eigenvalue weighted by Gasteiger charge is -2.30. The van der Waals surface area contributed by atoms with E-state index in [0.29, 0.717) is 0 Å². The van der Waals surface area contributed by atoms with Crippen molar-refractivity contribution >= 4 is 0 Å². The van der Waals surface area contributed by atoms with Gasteiger partial charge < -0.3 is 0 Å². The zero-order valence-corrected chi connectivity index (χ0v) is 13.1. The molecular weight excluding hydrogens is 204 g/mol. The minimum absolute atomic E-state index is 0.938. The van der Waals surface area contributed by atoms with Gasteiger partial charge in [-0.1, -0.05) is 92.4 Å². The average molecular weight is 240 g/mol. The summed E-state index contributed by atoms with van der Waals surface area (Å²) in [4.78, 5) is 0. The molecule has 0 heteroatoms. The Bertz CT molecular complexity index is 150. The van der Waals surface area contributed by atoms with E-state index in [1.165, 1.54) is 57.8 Å². The van der Waals surface area contributed by atoms with Crippen molar-refractivity contribution in [3.05, 3.63) is 0 Å². The Morgan fingerprint density at radius 1 is 0.647 bits per heavy atom. The number of rotatable bonds is 11. The second-order valence-electron chi connectivity index (χ2n) is 5.83. The molecule has 0 aromatic carbocycles. The van der Waals surface area contributed by atoms with Crippen LogP contribution in [0.1, 0.15) is 92.4 Å². The van der Waals surface area contributed by atoms with E-state index in [2.05, 4.69) is 34.6 Å². The van der Waals surface area contributed by atoms with Crippen molar-refractivity contribution in [3.8, 4) is 0 Å². The summed E-state index contributed by atoms with van der Waals surface area (Å²) in [6.45, 7) is 11.9. The van der Waals surface area contributed by atoms with Crippen LogP contribution in [0.3, 0.4) is 0 Å². The van der Waals surface area contributed by atoms with Crippen LogP contribution < -0.4 is 0 Å². The van der Waals surface area contributed by atoms with Gasteiger partial charge in [-0.15, -0.1) is 0 Å². The molecule has 0 saturated carbocycles. The van der Waals surface area contributed by atoms with Gasteiger partial charge in [0, 0.05) is 0 Å². The molecule has 0 saturated heterocycles. The fourth-order valence-electron chi connectivity index (χ4n) is 3.19. The molecule has 0 bridgehead atoms. The highest BCUT2D eigenvalue weighted by molar-refractivity contribution is 4.73. The Balaban J connectivity index is 4.12. The molecule has 3 atom stereocenters. The molecule has 0 aliphatic carbocycles. The Hall–Kier alpha value is 0. The van der Waals surface area contributed by atoms with Crippen LogP contribution in [0.4, 0.5) is 0 Å². The first-order chi connectivity index (χ1) is 8.21. The molecule has 0 aliphatic heterocycles. The smallest absolute Gasteiger partial charge is 0.0386 e. The number of hydrogen-bond acceptors (Lipinski definition) is 0. The number of hydrogen-bond donors (Lipinski definition) is 0. The first-order valence-corrected chi connectivity index (χ1v) is 8.21. The molecule has 0 amide bonds. The molecular formula is C17H36. The highest BCUT2D eigenvalue weighted by Crippen LogP contribution is 2.32. The normalized spacial score (nSPS) is 16.8. The molecule has 0 fully saturated rings. The first-order valence-electron chi connectivity index (χ1n) is 8.21. The van der Waals surface area contributed by atoms with Gasteiger partial charge in [-0.3, -0.25) is 0 Å². The Morgan fingerprint density at radius 2 is 1.12 bits per heavy atom. The lowest BCUT2D eigenvalue weighted by atomic mass is 9.76. The molecule has 0 rings (SSSR count). The van der Waals surface area contributed by atoms with Crippen molar-refractivity contribution in [2.45, 2.75) is 92.4 Å². The highest BCUT2D eigenvalue weighted by Gasteiger charge is 2.22. The SMILES string of the molecule is CCCCCC(CC)C(C)C(CC)CCCC. The van der Waals surface area contributed by atoms with E-state index in [0.717, 1.165) is 17.8 Å². The Kier molecular flexibility index (Phi) is 11.1. The van der Waals surface area contributed by atoms with Crippen molar-refractivity contribution in [1.82, 2.24) is 0 Å². The number of unbranched alkanes of at least 4 members (excludes halogenated alkanes) is 3. The topological polar surface area (TPSA) is 0 Å². The van der Waals surface area contributed by atoms with Gasteiger partial charge in [-0.05, 0) is 17.8 Å². The van der Waals surface area contributed by atoms with Crippen LogP contribution in [-0.2, 0) is 0 Å². The summed E-state index contributed by atoms with van der Waals surface area (Å²) in [6, 6.07) is 0. The molecule has 0 heterocycles. The van der Waals surface area contributed by atoms with E-state index in [1.54, 1.807) is 0 Å². The second kappa shape index (κ2) is 11.1. The summed E-state index contributed by atoms with van der Waals surface area (Å²) in [7, 11) is 0. The summed E-state index contributed by atoms with van der Waals surface area (Å²) >= 11 is 0. The molecule has 0 spiro atoms. The van der Waals surface area contributed by atoms with Gasteiger partial charge in [0.2, 0.25) is 0 Å². The van der Waals surface area contributed by atoms with Crippen molar-refractivity contribution < 1.29 is 0 Å². The van der Waals surface area contributed by atoms with Crippen molar-refractivity contribution in [2.24, 2.45) is 17.8 Å². The second-order valence-corrected chi connectivity index (χ2v) is 5.83. The molecule has 0 N–H and O–H groups in total. The van der Waals surface area contributed by atoms with E-state index in [9.17, 15) is 0 Å². The third-order valence-electron chi connectivity index (χ3n) is 4.64. The van der Waals surface area contributed by atoms with E-state index < -0.39 is 0 Å². The van der Waals surface area contributed by atoms with Gasteiger partial charge in [0.05, 0.1) is 0 Å². The Labute approximate surface area is 111 Å². The summed E-state index contributed by atoms with van der Waals surface area (Å²) in [6.07, 6.45) is 12.7. The van der Waals surface area contributed by atoms with Gasteiger partial charge in [-0.25, -0.2) is 0 Å². The largest absolute Gasteiger partial charge is 0.0654 e. The van der Waals surface area contributed by atoms with Crippen LogP contribution in [0.5, 0.6) is 0 Å². The van der Waals surface area contributed by atoms with Gasteiger partial charge in [-0.2, -0.15) is 0 Å². The minimum Gasteiger partial charge on any atom is -0.0654 e. The standard InChI is InChI=1S/C17H36/c1-6-10-12-14-17(9-4)15(5)16(8-3)13-11-7-2/h15-17H,6-14H2,1-5H3. The van der Waals surface area contributed by atoms with Crippen LogP contribution in [-0.4, -0.2) is 0 Å². The van der Waals surface area contributed by atoms with E-state index in [1.807, 2.05) is 0 Å². The van der Waals surface area contributed by atoms with Crippen LogP contribution in [0.2, 0.25) is 0 Å². The fourth-order valence-corrected chi connectivity index (χ4v) is 3.19. The zero-order valence-electron chi connectivity index (χ0n) is 13.1. The maximum Gasteiger partial charge on any atom is -0.0386 e. The molecule has 0 aromatic heterocycles. The van der Waals surface area contributed by atoms with Crippen LogP contribution in [0.15, 0.2) is 0 Å². The summed E-state index contributed by atoms with van der Waals surface area (Å²) in [5.74, 6) is 2.89. The minimum atomic E-state index is 0.938. The van der Waals surface area contributed by atoms with E-state index in [4.69, 9.17) is 0 Å². The van der Waals surface area contributed by atoms with Crippen molar-refractivity contribution in [3.63, 3.8) is 0 Å². The molecule has 0 radical (unpaired) electrons. The average Bonchev–Trinajstić information content (AvgIpc) is 2.35. The lowest BCUT2D eigenvalue weighted by molar-refractivity contribution is 0.205. The molecule has 104 valence electrons. The van der Waals surface area contributed by atoms with E-state index >= 15 is 0 Å². The summed E-state index contributed by atoms with van der Waals surface area (Å²) in [5, 5.41) is 0. The third-order valence-corrected chi connectivity index (χ3v) is 4.64. The predicted molar refractivity (Wildman–Crippen MR) is 80.4 cm³/mol. The molecule has 0 aliphatic rings. The van der Waals surface area contributed by atoms with Crippen LogP contribution in [0, 0.1) is 17.8 Å². The van der Waals surface area contributed by atoms with Gasteiger partial charge in [0.1, 0.15) is 0 Å². The first kappa shape index (κ1) is 17.0. The fraction of sp³-hybridized carbons (Fsp3) is 1.00. The van der Waals surface area contributed by atoms with Gasteiger partial charge in [0.15, 0.2) is 0 Å². The monoisotopic (exact) mass is 240 g/mol. The Morgan fingerprint density at radius 3 is 1.53 bits per heavy atom. The van der Waals surface area contributed by atoms with Gasteiger partial charge >= 0.3 is 0 Å². The van der Waals surface area contributed by atoms with Gasteiger partial charge in [0.25, 0.3) is 0 Å². The predicted octanol–water partition coefficient (Wildman–Crippen LogP) is 6.45. The summed E-state index contributed by atoms with van der Waals surface area (Å²) in [5.41, 5.74) is 0. The molecule has 0 nitrogen and oxygen atoms in total. The maximum absolute atomic E-state index is 2.52. The molecule has 0 aromatic rings. The maximum atomic E-state index is 2.52. The molecule has 17 heavy (non-hydrogen) atoms. The van der Waals surface area contributed by atoms with Crippen molar-refractivity contribution in [2.75, 3.05) is 0 Å². The van der Waals surface area contributed by atoms with Crippen LogP contribution in [0.25, 0.3) is 0 Å². The highest BCUT2D eigenvalue weighted by atomic mass is 14.3. The summed E-state index contributed by atoms with van der Waals surface area (Å²) < 4.78 is 0. The van der Waals surface area contributed by atoms with Crippen LogP contribution >= 0.6 is 0 Å². The quantitative estimate of drug-likeness (QED) is 0.364. The lowest BCUT2D eigenvalue weighted by Crippen LogP contribution is -2.20. The van der Waals surface area contributed by atoms with Crippen molar-refractivity contribution in [1.29, 1.82) is 0 Å². The third kappa shape index (κ3) is 7.11. The zero-order chi connectivity index (χ0) is 13.1.